The highest BCUT2D eigenvalue weighted by Gasteiger charge is 2.37. The lowest BCUT2D eigenvalue weighted by molar-refractivity contribution is 0.0280. The van der Waals surface area contributed by atoms with Gasteiger partial charge in [0.2, 0.25) is 0 Å². The lowest BCUT2D eigenvalue weighted by atomic mass is 9.76. The predicted octanol–water partition coefficient (Wildman–Crippen LogP) is 0.450. The van der Waals surface area contributed by atoms with Crippen molar-refractivity contribution in [1.29, 1.82) is 0 Å². The highest BCUT2D eigenvalue weighted by molar-refractivity contribution is 7.87. The average Bonchev–Trinajstić information content (AvgIpc) is 2.52. The SMILES string of the molecule is CN1CCN(S(=O)(=O)N[C@H](Cc2ccccc2)C2CC(O)C2)CC1. The lowest BCUT2D eigenvalue weighted by Gasteiger charge is -2.39. The second-order valence-corrected chi connectivity index (χ2v) is 8.71. The van der Waals surface area contributed by atoms with Crippen LogP contribution in [0.1, 0.15) is 18.4 Å². The van der Waals surface area contributed by atoms with Crippen LogP contribution in [0.25, 0.3) is 0 Å². The van der Waals surface area contributed by atoms with Crippen molar-refractivity contribution in [3.8, 4) is 0 Å². The van der Waals surface area contributed by atoms with E-state index in [-0.39, 0.29) is 18.1 Å². The summed E-state index contributed by atoms with van der Waals surface area (Å²) in [4.78, 5) is 2.13. The van der Waals surface area contributed by atoms with Gasteiger partial charge in [-0.1, -0.05) is 30.3 Å². The summed E-state index contributed by atoms with van der Waals surface area (Å²) in [5, 5.41) is 9.62. The van der Waals surface area contributed by atoms with Crippen LogP contribution in [0, 0.1) is 5.92 Å². The summed E-state index contributed by atoms with van der Waals surface area (Å²) in [5.74, 6) is 0.197. The van der Waals surface area contributed by atoms with Crippen molar-refractivity contribution in [1.82, 2.24) is 13.9 Å². The normalized spacial score (nSPS) is 27.6. The van der Waals surface area contributed by atoms with E-state index >= 15 is 0 Å². The molecule has 1 saturated carbocycles. The van der Waals surface area contributed by atoms with Gasteiger partial charge in [-0.15, -0.1) is 0 Å². The van der Waals surface area contributed by atoms with Crippen molar-refractivity contribution in [2.24, 2.45) is 5.92 Å². The third-order valence-corrected chi connectivity index (χ3v) is 6.77. The monoisotopic (exact) mass is 353 g/mol. The lowest BCUT2D eigenvalue weighted by Crippen LogP contribution is -2.55. The van der Waals surface area contributed by atoms with Crippen LogP contribution in [-0.4, -0.2) is 68.1 Å². The van der Waals surface area contributed by atoms with Crippen molar-refractivity contribution in [2.75, 3.05) is 33.2 Å². The van der Waals surface area contributed by atoms with E-state index in [2.05, 4.69) is 9.62 Å². The maximum absolute atomic E-state index is 12.8. The van der Waals surface area contributed by atoms with Crippen LogP contribution in [0.5, 0.6) is 0 Å². The summed E-state index contributed by atoms with van der Waals surface area (Å²) in [5.41, 5.74) is 1.12. The van der Waals surface area contributed by atoms with E-state index in [1.807, 2.05) is 37.4 Å². The van der Waals surface area contributed by atoms with Gasteiger partial charge in [-0.2, -0.15) is 17.4 Å². The van der Waals surface area contributed by atoms with Crippen molar-refractivity contribution in [3.05, 3.63) is 35.9 Å². The van der Waals surface area contributed by atoms with Crippen molar-refractivity contribution in [3.63, 3.8) is 0 Å². The van der Waals surface area contributed by atoms with E-state index in [0.717, 1.165) is 18.7 Å². The molecule has 0 radical (unpaired) electrons. The first kappa shape index (κ1) is 17.8. The fourth-order valence-electron chi connectivity index (χ4n) is 3.43. The van der Waals surface area contributed by atoms with Gasteiger partial charge in [0.1, 0.15) is 0 Å². The number of nitrogens with zero attached hydrogens (tertiary/aromatic N) is 2. The number of rotatable bonds is 6. The number of hydrogen-bond donors (Lipinski definition) is 2. The molecule has 1 aromatic carbocycles. The summed E-state index contributed by atoms with van der Waals surface area (Å²) in [6, 6.07) is 9.77. The Labute approximate surface area is 144 Å². The molecule has 1 aliphatic carbocycles. The molecular formula is C17H27N3O3S. The zero-order chi connectivity index (χ0) is 17.2. The second-order valence-electron chi connectivity index (χ2n) is 7.01. The van der Waals surface area contributed by atoms with E-state index in [4.69, 9.17) is 0 Å². The standard InChI is InChI=1S/C17H27N3O3S/c1-19-7-9-20(10-8-19)24(22,23)18-17(15-12-16(21)13-15)11-14-5-3-2-4-6-14/h2-6,15-18,21H,7-13H2,1H3/t15?,16?,17-/m1/s1. The van der Waals surface area contributed by atoms with Crippen molar-refractivity contribution >= 4 is 10.2 Å². The number of aliphatic hydroxyl groups excluding tert-OH is 1. The number of piperazine rings is 1. The van der Waals surface area contributed by atoms with Crippen LogP contribution in [0.2, 0.25) is 0 Å². The molecule has 2 fully saturated rings. The van der Waals surface area contributed by atoms with Gasteiger partial charge in [-0.25, -0.2) is 0 Å². The molecule has 0 bridgehead atoms. The maximum Gasteiger partial charge on any atom is 0.279 e. The minimum atomic E-state index is -3.49. The zero-order valence-corrected chi connectivity index (χ0v) is 15.0. The van der Waals surface area contributed by atoms with Crippen LogP contribution in [-0.2, 0) is 16.6 Å². The molecule has 1 atom stereocenters. The van der Waals surface area contributed by atoms with Gasteiger partial charge in [0.15, 0.2) is 0 Å². The van der Waals surface area contributed by atoms with E-state index in [1.54, 1.807) is 4.31 Å². The number of hydrogen-bond acceptors (Lipinski definition) is 4. The van der Waals surface area contributed by atoms with Crippen LogP contribution in [0.4, 0.5) is 0 Å². The first-order valence-corrected chi connectivity index (χ1v) is 10.1. The van der Waals surface area contributed by atoms with Crippen LogP contribution in [0.3, 0.4) is 0 Å². The van der Waals surface area contributed by atoms with Gasteiger partial charge in [0.05, 0.1) is 6.10 Å². The van der Waals surface area contributed by atoms with Crippen molar-refractivity contribution < 1.29 is 13.5 Å². The summed E-state index contributed by atoms with van der Waals surface area (Å²) in [6.07, 6.45) is 1.71. The number of nitrogens with one attached hydrogen (secondary N) is 1. The minimum Gasteiger partial charge on any atom is -0.393 e. The molecule has 0 aromatic heterocycles. The Morgan fingerprint density at radius 1 is 1.17 bits per heavy atom. The molecule has 2 N–H and O–H groups in total. The highest BCUT2D eigenvalue weighted by atomic mass is 32.2. The van der Waals surface area contributed by atoms with E-state index in [1.165, 1.54) is 0 Å². The molecule has 134 valence electrons. The number of likely N-dealkylation sites (N-methyl/N-ethyl adjacent to an activating group) is 1. The molecule has 7 heteroatoms. The maximum atomic E-state index is 12.8. The Balaban J connectivity index is 1.68. The third kappa shape index (κ3) is 4.34. The summed E-state index contributed by atoms with van der Waals surface area (Å²) in [6.45, 7) is 2.56. The molecule has 1 aliphatic heterocycles. The molecule has 0 unspecified atom stereocenters. The van der Waals surface area contributed by atoms with Gasteiger partial charge in [-0.05, 0) is 37.8 Å². The molecule has 1 aromatic rings. The molecule has 24 heavy (non-hydrogen) atoms. The van der Waals surface area contributed by atoms with Crippen LogP contribution < -0.4 is 4.72 Å². The quantitative estimate of drug-likeness (QED) is 0.779. The molecule has 6 nitrogen and oxygen atoms in total. The Kier molecular flexibility index (Phi) is 5.56. The number of aliphatic hydroxyl groups is 1. The van der Waals surface area contributed by atoms with Gasteiger partial charge in [-0.3, -0.25) is 0 Å². The van der Waals surface area contributed by atoms with Gasteiger partial charge in [0.25, 0.3) is 10.2 Å². The molecule has 0 amide bonds. The summed E-state index contributed by atoms with van der Waals surface area (Å²) in [7, 11) is -1.48. The zero-order valence-electron chi connectivity index (χ0n) is 14.1. The highest BCUT2D eigenvalue weighted by Crippen LogP contribution is 2.32. The van der Waals surface area contributed by atoms with Crippen LogP contribution in [0.15, 0.2) is 30.3 Å². The molecule has 0 spiro atoms. The van der Waals surface area contributed by atoms with Gasteiger partial charge >= 0.3 is 0 Å². The fourth-order valence-corrected chi connectivity index (χ4v) is 4.88. The molecular weight excluding hydrogens is 326 g/mol. The van der Waals surface area contributed by atoms with Crippen molar-refractivity contribution in [2.45, 2.75) is 31.4 Å². The van der Waals surface area contributed by atoms with Gasteiger partial charge < -0.3 is 10.0 Å². The Hall–Kier alpha value is -0.990. The Bertz CT molecular complexity index is 624. The van der Waals surface area contributed by atoms with Crippen LogP contribution >= 0.6 is 0 Å². The summed E-state index contributed by atoms with van der Waals surface area (Å²) < 4.78 is 30.0. The summed E-state index contributed by atoms with van der Waals surface area (Å²) >= 11 is 0. The predicted molar refractivity (Wildman–Crippen MR) is 93.8 cm³/mol. The average molecular weight is 353 g/mol. The first-order chi connectivity index (χ1) is 11.4. The topological polar surface area (TPSA) is 72.9 Å². The molecule has 1 saturated heterocycles. The Morgan fingerprint density at radius 2 is 1.79 bits per heavy atom. The minimum absolute atomic E-state index is 0.166. The second kappa shape index (κ2) is 7.49. The van der Waals surface area contributed by atoms with E-state index < -0.39 is 10.2 Å². The Morgan fingerprint density at radius 3 is 2.38 bits per heavy atom. The molecule has 1 heterocycles. The molecule has 3 rings (SSSR count). The smallest absolute Gasteiger partial charge is 0.279 e. The first-order valence-electron chi connectivity index (χ1n) is 8.62. The fraction of sp³-hybridized carbons (Fsp3) is 0.647. The third-order valence-electron chi connectivity index (χ3n) is 5.12. The largest absolute Gasteiger partial charge is 0.393 e. The number of benzene rings is 1. The van der Waals surface area contributed by atoms with Gasteiger partial charge in [0, 0.05) is 32.2 Å². The van der Waals surface area contributed by atoms with E-state index in [9.17, 15) is 13.5 Å². The molecule has 2 aliphatic rings. The van der Waals surface area contributed by atoms with E-state index in [0.29, 0.717) is 32.4 Å².